The summed E-state index contributed by atoms with van der Waals surface area (Å²) in [6.07, 6.45) is 0.638. The lowest BCUT2D eigenvalue weighted by molar-refractivity contribution is 0.0861. The molecule has 0 aromatic rings. The van der Waals surface area contributed by atoms with E-state index in [0.29, 0.717) is 25.5 Å². The van der Waals surface area contributed by atoms with Crippen LogP contribution < -0.4 is 0 Å². The Hall–Kier alpha value is -0.610. The molecule has 1 rings (SSSR count). The quantitative estimate of drug-likeness (QED) is 0.618. The summed E-state index contributed by atoms with van der Waals surface area (Å²) in [6.45, 7) is 2.88. The van der Waals surface area contributed by atoms with Crippen LogP contribution in [0.5, 0.6) is 0 Å². The lowest BCUT2D eigenvalue weighted by Crippen LogP contribution is -2.38. The first kappa shape index (κ1) is 9.48. The Morgan fingerprint density at radius 2 is 2.17 bits per heavy atom. The topological polar surface area (TPSA) is 62.0 Å². The molecule has 4 heteroatoms. The molecule has 4 nitrogen and oxygen atoms in total. The molecule has 0 saturated carbocycles. The van der Waals surface area contributed by atoms with E-state index in [-0.39, 0.29) is 13.2 Å². The fourth-order valence-corrected chi connectivity index (χ4v) is 1.22. The molecule has 1 heterocycles. The molecular formula is C8H15NO3. The van der Waals surface area contributed by atoms with Gasteiger partial charge in [-0.25, -0.2) is 0 Å². The average molecular weight is 173 g/mol. The number of hydrogen-bond acceptors (Lipinski definition) is 4. The second kappa shape index (κ2) is 3.87. The van der Waals surface area contributed by atoms with Gasteiger partial charge in [-0.15, -0.1) is 0 Å². The van der Waals surface area contributed by atoms with E-state index in [1.54, 1.807) is 0 Å². The van der Waals surface area contributed by atoms with Crippen LogP contribution >= 0.6 is 0 Å². The first-order chi connectivity index (χ1) is 5.79. The Morgan fingerprint density at radius 3 is 2.50 bits per heavy atom. The Morgan fingerprint density at radius 1 is 1.50 bits per heavy atom. The summed E-state index contributed by atoms with van der Waals surface area (Å²) in [5.41, 5.74) is -0.656. The van der Waals surface area contributed by atoms with Crippen molar-refractivity contribution < 1.29 is 14.9 Å². The van der Waals surface area contributed by atoms with Crippen molar-refractivity contribution in [1.82, 2.24) is 0 Å². The van der Waals surface area contributed by atoms with Crippen LogP contribution in [0.4, 0.5) is 0 Å². The van der Waals surface area contributed by atoms with Crippen molar-refractivity contribution in [2.24, 2.45) is 10.4 Å². The summed E-state index contributed by atoms with van der Waals surface area (Å²) in [7, 11) is 0. The van der Waals surface area contributed by atoms with E-state index in [1.165, 1.54) is 0 Å². The SMILES string of the molecule is CCC(CO)(CO)C1=NCCO1. The molecule has 1 aliphatic rings. The van der Waals surface area contributed by atoms with E-state index >= 15 is 0 Å². The van der Waals surface area contributed by atoms with Gasteiger partial charge in [-0.3, -0.25) is 4.99 Å². The van der Waals surface area contributed by atoms with Gasteiger partial charge in [0.1, 0.15) is 6.61 Å². The highest BCUT2D eigenvalue weighted by Crippen LogP contribution is 2.25. The second-order valence-corrected chi connectivity index (χ2v) is 2.99. The third-order valence-corrected chi connectivity index (χ3v) is 2.32. The van der Waals surface area contributed by atoms with Crippen LogP contribution in [0.2, 0.25) is 0 Å². The Labute approximate surface area is 71.9 Å². The van der Waals surface area contributed by atoms with Crippen LogP contribution in [0.3, 0.4) is 0 Å². The second-order valence-electron chi connectivity index (χ2n) is 2.99. The number of rotatable bonds is 4. The minimum absolute atomic E-state index is 0.112. The van der Waals surface area contributed by atoms with Crippen LogP contribution in [-0.4, -0.2) is 42.5 Å². The number of aliphatic hydroxyl groups is 2. The lowest BCUT2D eigenvalue weighted by atomic mass is 9.87. The Bertz CT molecular complexity index is 167. The van der Waals surface area contributed by atoms with Gasteiger partial charge >= 0.3 is 0 Å². The third-order valence-electron chi connectivity index (χ3n) is 2.32. The van der Waals surface area contributed by atoms with Crippen molar-refractivity contribution in [3.05, 3.63) is 0 Å². The minimum atomic E-state index is -0.656. The molecular weight excluding hydrogens is 158 g/mol. The zero-order valence-electron chi connectivity index (χ0n) is 7.29. The predicted molar refractivity (Wildman–Crippen MR) is 45.1 cm³/mol. The van der Waals surface area contributed by atoms with E-state index in [9.17, 15) is 0 Å². The van der Waals surface area contributed by atoms with Gasteiger partial charge in [-0.1, -0.05) is 6.92 Å². The Kier molecular flexibility index (Phi) is 3.05. The lowest BCUT2D eigenvalue weighted by Gasteiger charge is -2.26. The fraction of sp³-hybridized carbons (Fsp3) is 0.875. The van der Waals surface area contributed by atoms with Crippen LogP contribution in [-0.2, 0) is 4.74 Å². The molecule has 0 fully saturated rings. The highest BCUT2D eigenvalue weighted by atomic mass is 16.5. The van der Waals surface area contributed by atoms with Crippen molar-refractivity contribution in [1.29, 1.82) is 0 Å². The zero-order chi connectivity index (χ0) is 9.03. The van der Waals surface area contributed by atoms with Crippen molar-refractivity contribution in [2.45, 2.75) is 13.3 Å². The van der Waals surface area contributed by atoms with Gasteiger partial charge in [0.25, 0.3) is 0 Å². The molecule has 0 saturated heterocycles. The number of nitrogens with zero attached hydrogens (tertiary/aromatic N) is 1. The van der Waals surface area contributed by atoms with Gasteiger partial charge < -0.3 is 14.9 Å². The highest BCUT2D eigenvalue weighted by Gasteiger charge is 2.36. The van der Waals surface area contributed by atoms with E-state index in [1.807, 2.05) is 6.92 Å². The van der Waals surface area contributed by atoms with Crippen molar-refractivity contribution in [2.75, 3.05) is 26.4 Å². The smallest absolute Gasteiger partial charge is 0.194 e. The molecule has 0 spiro atoms. The maximum Gasteiger partial charge on any atom is 0.194 e. The highest BCUT2D eigenvalue weighted by molar-refractivity contribution is 5.84. The van der Waals surface area contributed by atoms with Crippen LogP contribution in [0, 0.1) is 5.41 Å². The molecule has 0 unspecified atom stereocenters. The molecule has 0 bridgehead atoms. The van der Waals surface area contributed by atoms with Gasteiger partial charge in [-0.2, -0.15) is 0 Å². The number of ether oxygens (including phenoxy) is 1. The minimum Gasteiger partial charge on any atom is -0.478 e. The van der Waals surface area contributed by atoms with Gasteiger partial charge in [0.15, 0.2) is 5.90 Å². The van der Waals surface area contributed by atoms with Crippen molar-refractivity contribution in [3.8, 4) is 0 Å². The van der Waals surface area contributed by atoms with Crippen LogP contribution in [0.1, 0.15) is 13.3 Å². The molecule has 0 aliphatic carbocycles. The van der Waals surface area contributed by atoms with Gasteiger partial charge in [0.2, 0.25) is 0 Å². The number of aliphatic hydroxyl groups excluding tert-OH is 2. The van der Waals surface area contributed by atoms with Crippen molar-refractivity contribution in [3.63, 3.8) is 0 Å². The summed E-state index contributed by atoms with van der Waals surface area (Å²) in [6, 6.07) is 0. The molecule has 0 aromatic heterocycles. The summed E-state index contributed by atoms with van der Waals surface area (Å²) in [5.74, 6) is 0.509. The standard InChI is InChI=1S/C8H15NO3/c1-2-8(5-10,6-11)7-9-3-4-12-7/h10-11H,2-6H2,1H3. The molecule has 2 N–H and O–H groups in total. The largest absolute Gasteiger partial charge is 0.478 e. The molecule has 1 aliphatic heterocycles. The third kappa shape index (κ3) is 1.44. The normalized spacial score (nSPS) is 17.4. The fourth-order valence-electron chi connectivity index (χ4n) is 1.22. The van der Waals surface area contributed by atoms with E-state index < -0.39 is 5.41 Å². The summed E-state index contributed by atoms with van der Waals surface area (Å²) in [5, 5.41) is 18.2. The van der Waals surface area contributed by atoms with Gasteiger partial charge in [0.05, 0.1) is 25.2 Å². The first-order valence-electron chi connectivity index (χ1n) is 4.18. The maximum atomic E-state index is 9.12. The van der Waals surface area contributed by atoms with E-state index in [4.69, 9.17) is 14.9 Å². The molecule has 0 aromatic carbocycles. The van der Waals surface area contributed by atoms with Gasteiger partial charge in [0, 0.05) is 0 Å². The molecule has 0 amide bonds. The van der Waals surface area contributed by atoms with Crippen molar-refractivity contribution >= 4 is 5.90 Å². The maximum absolute atomic E-state index is 9.12. The number of hydrogen-bond donors (Lipinski definition) is 2. The Balaban J connectivity index is 2.75. The van der Waals surface area contributed by atoms with Crippen LogP contribution in [0.25, 0.3) is 0 Å². The first-order valence-corrected chi connectivity index (χ1v) is 4.18. The average Bonchev–Trinajstić information content (AvgIpc) is 2.62. The molecule has 0 radical (unpaired) electrons. The number of aliphatic imine (C=N–C) groups is 1. The zero-order valence-corrected chi connectivity index (χ0v) is 7.29. The van der Waals surface area contributed by atoms with E-state index in [0.717, 1.165) is 0 Å². The predicted octanol–water partition coefficient (Wildman–Crippen LogP) is -0.204. The summed E-state index contributed by atoms with van der Waals surface area (Å²) < 4.78 is 5.22. The molecule has 0 atom stereocenters. The van der Waals surface area contributed by atoms with Crippen LogP contribution in [0.15, 0.2) is 4.99 Å². The summed E-state index contributed by atoms with van der Waals surface area (Å²) in [4.78, 5) is 4.10. The van der Waals surface area contributed by atoms with E-state index in [2.05, 4.69) is 4.99 Å². The molecule has 70 valence electrons. The van der Waals surface area contributed by atoms with Gasteiger partial charge in [-0.05, 0) is 6.42 Å². The summed E-state index contributed by atoms with van der Waals surface area (Å²) >= 11 is 0. The monoisotopic (exact) mass is 173 g/mol. The molecule has 12 heavy (non-hydrogen) atoms.